The minimum absolute atomic E-state index is 0.0940. The first kappa shape index (κ1) is 15.8. The van der Waals surface area contributed by atoms with Crippen LogP contribution in [0.25, 0.3) is 5.65 Å². The second-order valence-electron chi connectivity index (χ2n) is 6.29. The number of piperazine rings is 1. The number of hydrogen-bond donors (Lipinski definition) is 0. The van der Waals surface area contributed by atoms with Crippen molar-refractivity contribution in [3.63, 3.8) is 0 Å². The Bertz CT molecular complexity index is 885. The average molecular weight is 338 g/mol. The summed E-state index contributed by atoms with van der Waals surface area (Å²) in [5, 5.41) is 0. The molecule has 1 aromatic carbocycles. The summed E-state index contributed by atoms with van der Waals surface area (Å²) in [6, 6.07) is 13.3. The fourth-order valence-electron chi connectivity index (χ4n) is 3.18. The maximum Gasteiger partial charge on any atom is 0.274 e. The molecule has 0 atom stereocenters. The van der Waals surface area contributed by atoms with E-state index in [1.807, 2.05) is 23.1 Å². The molecule has 3 aromatic rings. The number of hydrogen-bond acceptors (Lipinski definition) is 3. The van der Waals surface area contributed by atoms with Crippen LogP contribution in [-0.4, -0.2) is 51.3 Å². The molecular weight excluding hydrogens is 319 g/mol. The average Bonchev–Trinajstić information content (AvgIpc) is 3.06. The number of amides is 1. The number of aromatic nitrogens is 2. The Morgan fingerprint density at radius 3 is 2.52 bits per heavy atom. The van der Waals surface area contributed by atoms with E-state index in [-0.39, 0.29) is 11.7 Å². The van der Waals surface area contributed by atoms with Crippen LogP contribution in [0.1, 0.15) is 16.1 Å². The van der Waals surface area contributed by atoms with Crippen molar-refractivity contribution in [1.29, 1.82) is 0 Å². The summed E-state index contributed by atoms with van der Waals surface area (Å²) in [5.74, 6) is -0.443. The molecule has 5 nitrogen and oxygen atoms in total. The predicted octanol–water partition coefficient (Wildman–Crippen LogP) is 2.43. The molecule has 0 bridgehead atoms. The monoisotopic (exact) mass is 338 g/mol. The van der Waals surface area contributed by atoms with Gasteiger partial charge in [-0.05, 0) is 17.7 Å². The third kappa shape index (κ3) is 3.39. The summed E-state index contributed by atoms with van der Waals surface area (Å²) in [4.78, 5) is 21.1. The zero-order valence-corrected chi connectivity index (χ0v) is 13.8. The molecule has 2 aromatic heterocycles. The molecule has 1 fully saturated rings. The standard InChI is InChI=1S/C19H19FN4O/c20-16-6-7-18-21-17(14-24(18)13-16)19(25)23-10-8-22(9-11-23)12-15-4-2-1-3-5-15/h1-7,13-14H,8-12H2. The molecular formula is C19H19FN4O. The highest BCUT2D eigenvalue weighted by atomic mass is 19.1. The molecule has 128 valence electrons. The van der Waals surface area contributed by atoms with E-state index in [1.54, 1.807) is 16.7 Å². The number of nitrogens with zero attached hydrogens (tertiary/aromatic N) is 4. The first-order valence-electron chi connectivity index (χ1n) is 8.39. The van der Waals surface area contributed by atoms with Gasteiger partial charge in [0.2, 0.25) is 0 Å². The molecule has 0 aliphatic carbocycles. The van der Waals surface area contributed by atoms with E-state index in [0.29, 0.717) is 24.4 Å². The van der Waals surface area contributed by atoms with Crippen LogP contribution in [0, 0.1) is 5.82 Å². The van der Waals surface area contributed by atoms with Crippen molar-refractivity contribution in [2.45, 2.75) is 6.54 Å². The Morgan fingerprint density at radius 2 is 1.76 bits per heavy atom. The van der Waals surface area contributed by atoms with E-state index in [4.69, 9.17) is 0 Å². The normalized spacial score (nSPS) is 15.6. The van der Waals surface area contributed by atoms with Gasteiger partial charge in [0.25, 0.3) is 5.91 Å². The maximum atomic E-state index is 13.3. The maximum absolute atomic E-state index is 13.3. The molecule has 1 aliphatic heterocycles. The summed E-state index contributed by atoms with van der Waals surface area (Å²) >= 11 is 0. The first-order valence-corrected chi connectivity index (χ1v) is 8.39. The van der Waals surface area contributed by atoms with Crippen molar-refractivity contribution in [3.8, 4) is 0 Å². The molecule has 4 rings (SSSR count). The van der Waals surface area contributed by atoms with Gasteiger partial charge in [0.15, 0.2) is 0 Å². The van der Waals surface area contributed by atoms with Crippen molar-refractivity contribution < 1.29 is 9.18 Å². The molecule has 0 spiro atoms. The Kier molecular flexibility index (Phi) is 4.19. The van der Waals surface area contributed by atoms with Crippen molar-refractivity contribution in [2.24, 2.45) is 0 Å². The SMILES string of the molecule is O=C(c1cn2cc(F)ccc2n1)N1CCN(Cc2ccccc2)CC1. The van der Waals surface area contributed by atoms with Gasteiger partial charge < -0.3 is 9.30 Å². The Hall–Kier alpha value is -2.73. The summed E-state index contributed by atoms with van der Waals surface area (Å²) in [5.41, 5.74) is 2.22. The van der Waals surface area contributed by atoms with Gasteiger partial charge in [0.05, 0.1) is 0 Å². The van der Waals surface area contributed by atoms with E-state index < -0.39 is 0 Å². The van der Waals surface area contributed by atoms with Gasteiger partial charge in [-0.2, -0.15) is 0 Å². The van der Waals surface area contributed by atoms with E-state index in [2.05, 4.69) is 22.0 Å². The fourth-order valence-corrected chi connectivity index (χ4v) is 3.18. The van der Waals surface area contributed by atoms with Crippen LogP contribution in [0.4, 0.5) is 4.39 Å². The lowest BCUT2D eigenvalue weighted by Gasteiger charge is -2.34. The highest BCUT2D eigenvalue weighted by Crippen LogP contribution is 2.13. The zero-order valence-electron chi connectivity index (χ0n) is 13.8. The molecule has 0 N–H and O–H groups in total. The summed E-state index contributed by atoms with van der Waals surface area (Å²) < 4.78 is 14.8. The number of carbonyl (C=O) groups is 1. The van der Waals surface area contributed by atoms with Gasteiger partial charge in [-0.15, -0.1) is 0 Å². The van der Waals surface area contributed by atoms with Crippen LogP contribution in [0.15, 0.2) is 54.9 Å². The van der Waals surface area contributed by atoms with Crippen LogP contribution in [0.5, 0.6) is 0 Å². The third-order valence-corrected chi connectivity index (χ3v) is 4.54. The van der Waals surface area contributed by atoms with Crippen LogP contribution >= 0.6 is 0 Å². The number of pyridine rings is 1. The van der Waals surface area contributed by atoms with E-state index in [9.17, 15) is 9.18 Å². The molecule has 1 saturated heterocycles. The molecule has 25 heavy (non-hydrogen) atoms. The fraction of sp³-hybridized carbons (Fsp3) is 0.263. The Balaban J connectivity index is 1.40. The smallest absolute Gasteiger partial charge is 0.274 e. The zero-order chi connectivity index (χ0) is 17.2. The molecule has 6 heteroatoms. The van der Waals surface area contributed by atoms with Crippen molar-refractivity contribution in [1.82, 2.24) is 19.2 Å². The van der Waals surface area contributed by atoms with Crippen LogP contribution in [-0.2, 0) is 6.54 Å². The number of halogens is 1. The highest BCUT2D eigenvalue weighted by molar-refractivity contribution is 5.93. The Labute approximate surface area is 145 Å². The van der Waals surface area contributed by atoms with Gasteiger partial charge in [-0.1, -0.05) is 30.3 Å². The third-order valence-electron chi connectivity index (χ3n) is 4.54. The van der Waals surface area contributed by atoms with Crippen LogP contribution < -0.4 is 0 Å². The Morgan fingerprint density at radius 1 is 1.00 bits per heavy atom. The molecule has 3 heterocycles. The number of imidazole rings is 1. The lowest BCUT2D eigenvalue weighted by atomic mass is 10.2. The molecule has 0 unspecified atom stereocenters. The number of benzene rings is 1. The van der Waals surface area contributed by atoms with E-state index >= 15 is 0 Å². The molecule has 0 radical (unpaired) electrons. The number of fused-ring (bicyclic) bond motifs is 1. The van der Waals surface area contributed by atoms with Gasteiger partial charge >= 0.3 is 0 Å². The second kappa shape index (κ2) is 6.64. The van der Waals surface area contributed by atoms with Crippen molar-refractivity contribution >= 4 is 11.6 Å². The van der Waals surface area contributed by atoms with E-state index in [1.165, 1.54) is 17.8 Å². The summed E-state index contributed by atoms with van der Waals surface area (Å²) in [6.45, 7) is 3.92. The largest absolute Gasteiger partial charge is 0.335 e. The minimum atomic E-state index is -0.349. The second-order valence-corrected chi connectivity index (χ2v) is 6.29. The number of carbonyl (C=O) groups excluding carboxylic acids is 1. The highest BCUT2D eigenvalue weighted by Gasteiger charge is 2.24. The molecule has 1 amide bonds. The van der Waals surface area contributed by atoms with Gasteiger partial charge in [0, 0.05) is 45.1 Å². The minimum Gasteiger partial charge on any atom is -0.335 e. The topological polar surface area (TPSA) is 40.9 Å². The van der Waals surface area contributed by atoms with Crippen LogP contribution in [0.3, 0.4) is 0 Å². The first-order chi connectivity index (χ1) is 12.2. The van der Waals surface area contributed by atoms with Crippen molar-refractivity contribution in [3.05, 3.63) is 71.9 Å². The van der Waals surface area contributed by atoms with Gasteiger partial charge in [-0.3, -0.25) is 9.69 Å². The summed E-state index contributed by atoms with van der Waals surface area (Å²) in [7, 11) is 0. The summed E-state index contributed by atoms with van der Waals surface area (Å²) in [6.07, 6.45) is 2.92. The quantitative estimate of drug-likeness (QED) is 0.736. The molecule has 0 saturated carbocycles. The van der Waals surface area contributed by atoms with Crippen LogP contribution in [0.2, 0.25) is 0 Å². The van der Waals surface area contributed by atoms with Gasteiger partial charge in [0.1, 0.15) is 17.2 Å². The van der Waals surface area contributed by atoms with Gasteiger partial charge in [-0.25, -0.2) is 9.37 Å². The van der Waals surface area contributed by atoms with Crippen molar-refractivity contribution in [2.75, 3.05) is 26.2 Å². The number of rotatable bonds is 3. The lowest BCUT2D eigenvalue weighted by molar-refractivity contribution is 0.0623. The van der Waals surface area contributed by atoms with E-state index in [0.717, 1.165) is 19.6 Å². The lowest BCUT2D eigenvalue weighted by Crippen LogP contribution is -2.48. The molecule has 1 aliphatic rings. The predicted molar refractivity (Wildman–Crippen MR) is 92.8 cm³/mol.